The van der Waals surface area contributed by atoms with Crippen LogP contribution in [0.1, 0.15) is 10.4 Å². The van der Waals surface area contributed by atoms with Gasteiger partial charge in [0, 0.05) is 38.0 Å². The molecule has 0 spiro atoms. The zero-order chi connectivity index (χ0) is 16.9. The van der Waals surface area contributed by atoms with Gasteiger partial charge in [0.1, 0.15) is 19.5 Å². The second-order valence-electron chi connectivity index (χ2n) is 5.18. The van der Waals surface area contributed by atoms with E-state index in [-0.39, 0.29) is 0 Å². The molecule has 24 heavy (non-hydrogen) atoms. The molecule has 7 nitrogen and oxygen atoms in total. The predicted octanol–water partition coefficient (Wildman–Crippen LogP) is 0.537. The van der Waals surface area contributed by atoms with Gasteiger partial charge in [-0.15, -0.1) is 0 Å². The van der Waals surface area contributed by atoms with Crippen LogP contribution >= 0.6 is 0 Å². The molecule has 2 N–H and O–H groups in total. The van der Waals surface area contributed by atoms with Gasteiger partial charge in [-0.2, -0.15) is 0 Å². The fourth-order valence-corrected chi connectivity index (χ4v) is 2.12. The minimum Gasteiger partial charge on any atom is -0.488 e. The summed E-state index contributed by atoms with van der Waals surface area (Å²) in [7, 11) is 0. The summed E-state index contributed by atoms with van der Waals surface area (Å²) in [6.07, 6.45) is 2.53. The van der Waals surface area contributed by atoms with Crippen LogP contribution in [0, 0.1) is 0 Å². The normalized spacial score (nSPS) is 19.7. The smallest absolute Gasteiger partial charge is 0.161 e. The quantitative estimate of drug-likeness (QED) is 0.729. The molecule has 0 aromatic heterocycles. The molecule has 0 unspecified atom stereocenters. The van der Waals surface area contributed by atoms with Crippen molar-refractivity contribution in [3.05, 3.63) is 23.8 Å². The molecule has 0 saturated carbocycles. The predicted molar refractivity (Wildman–Crippen MR) is 92.7 cm³/mol. The second kappa shape index (κ2) is 11.6. The zero-order valence-electron chi connectivity index (χ0n) is 13.8. The first-order valence-corrected chi connectivity index (χ1v) is 8.22. The maximum atomic E-state index is 10.9. The molecule has 1 aliphatic heterocycles. The maximum Gasteiger partial charge on any atom is 0.161 e. The molecule has 0 aliphatic carbocycles. The van der Waals surface area contributed by atoms with Crippen LogP contribution in [0.4, 0.5) is 0 Å². The van der Waals surface area contributed by atoms with E-state index in [1.54, 1.807) is 24.4 Å². The fraction of sp³-hybridized carbons (Fsp3) is 0.529. The maximum absolute atomic E-state index is 10.9. The van der Waals surface area contributed by atoms with Crippen LogP contribution < -0.4 is 20.1 Å². The van der Waals surface area contributed by atoms with E-state index in [0.29, 0.717) is 50.0 Å². The first-order chi connectivity index (χ1) is 11.9. The summed E-state index contributed by atoms with van der Waals surface area (Å²) in [5.74, 6) is 1.20. The minimum atomic E-state index is 0.412. The van der Waals surface area contributed by atoms with Gasteiger partial charge in [-0.25, -0.2) is 0 Å². The van der Waals surface area contributed by atoms with Crippen LogP contribution in [0.5, 0.6) is 11.5 Å². The van der Waals surface area contributed by atoms with Crippen LogP contribution in [-0.4, -0.2) is 71.7 Å². The van der Waals surface area contributed by atoms with Crippen LogP contribution in [-0.2, 0) is 4.74 Å². The standard InChI is InChI=1S/C17H25N3O4/c21-14-15-1-2-16-17(13-15)24-12-8-20-6-10-22-9-5-18-3-4-19-7-11-23-16/h1-2,6,13-14,18-19H,3-5,7-12H2/b20-6+. The molecule has 1 aromatic carbocycles. The number of hydrogen-bond acceptors (Lipinski definition) is 7. The summed E-state index contributed by atoms with van der Waals surface area (Å²) in [4.78, 5) is 15.2. The first-order valence-electron chi connectivity index (χ1n) is 8.22. The summed E-state index contributed by atoms with van der Waals surface area (Å²) < 4.78 is 16.9. The molecule has 0 atom stereocenters. The number of nitrogens with one attached hydrogen (secondary N) is 2. The third kappa shape index (κ3) is 7.08. The molecule has 1 heterocycles. The number of aldehydes is 1. The van der Waals surface area contributed by atoms with Crippen molar-refractivity contribution in [1.29, 1.82) is 0 Å². The van der Waals surface area contributed by atoms with Gasteiger partial charge in [-0.1, -0.05) is 0 Å². The van der Waals surface area contributed by atoms with Crippen LogP contribution in [0.3, 0.4) is 0 Å². The molecule has 1 aliphatic rings. The summed E-state index contributed by atoms with van der Waals surface area (Å²) in [6, 6.07) is 5.16. The summed E-state index contributed by atoms with van der Waals surface area (Å²) in [5, 5.41) is 6.59. The van der Waals surface area contributed by atoms with E-state index >= 15 is 0 Å². The number of rotatable bonds is 1. The number of benzene rings is 1. The van der Waals surface area contributed by atoms with Gasteiger partial charge in [0.15, 0.2) is 11.5 Å². The highest BCUT2D eigenvalue weighted by Crippen LogP contribution is 2.27. The van der Waals surface area contributed by atoms with Crippen molar-refractivity contribution in [3.63, 3.8) is 0 Å². The Bertz CT molecular complexity index is 523. The summed E-state index contributed by atoms with van der Waals surface area (Å²) >= 11 is 0. The molecular formula is C17H25N3O4. The van der Waals surface area contributed by atoms with Crippen LogP contribution in [0.2, 0.25) is 0 Å². The van der Waals surface area contributed by atoms with Crippen LogP contribution in [0.15, 0.2) is 23.2 Å². The number of fused-ring (bicyclic) bond motifs is 1. The highest BCUT2D eigenvalue weighted by Gasteiger charge is 2.07. The van der Waals surface area contributed by atoms with Crippen molar-refractivity contribution >= 4 is 12.5 Å². The largest absolute Gasteiger partial charge is 0.488 e. The van der Waals surface area contributed by atoms with E-state index in [9.17, 15) is 4.79 Å². The van der Waals surface area contributed by atoms with Crippen molar-refractivity contribution in [2.75, 3.05) is 59.2 Å². The fourth-order valence-electron chi connectivity index (χ4n) is 2.12. The summed E-state index contributed by atoms with van der Waals surface area (Å²) in [5.41, 5.74) is 0.556. The number of aliphatic imine (C=N–C) groups is 1. The van der Waals surface area contributed by atoms with Gasteiger partial charge in [0.2, 0.25) is 0 Å². The van der Waals surface area contributed by atoms with Gasteiger partial charge >= 0.3 is 0 Å². The number of ether oxygens (including phenoxy) is 3. The molecular weight excluding hydrogens is 310 g/mol. The van der Waals surface area contributed by atoms with E-state index in [2.05, 4.69) is 15.6 Å². The highest BCUT2D eigenvalue weighted by molar-refractivity contribution is 5.76. The molecule has 0 fully saturated rings. The topological polar surface area (TPSA) is 81.2 Å². The third-order valence-electron chi connectivity index (χ3n) is 3.34. The summed E-state index contributed by atoms with van der Waals surface area (Å²) in [6.45, 7) is 5.90. The molecule has 0 amide bonds. The lowest BCUT2D eigenvalue weighted by molar-refractivity contribution is 0.112. The first kappa shape index (κ1) is 18.4. The van der Waals surface area contributed by atoms with Gasteiger partial charge in [-0.05, 0) is 18.2 Å². The van der Waals surface area contributed by atoms with Crippen molar-refractivity contribution < 1.29 is 19.0 Å². The van der Waals surface area contributed by atoms with Gasteiger partial charge in [0.25, 0.3) is 0 Å². The average Bonchev–Trinajstić information content (AvgIpc) is 2.61. The Hall–Kier alpha value is -1.96. The lowest BCUT2D eigenvalue weighted by Gasteiger charge is -2.13. The molecule has 1 aromatic rings. The minimum absolute atomic E-state index is 0.412. The van der Waals surface area contributed by atoms with E-state index in [4.69, 9.17) is 14.2 Å². The zero-order valence-corrected chi connectivity index (χ0v) is 13.8. The lowest BCUT2D eigenvalue weighted by atomic mass is 10.2. The molecule has 0 saturated heterocycles. The molecule has 7 heteroatoms. The van der Waals surface area contributed by atoms with Gasteiger partial charge in [0.05, 0.1) is 19.8 Å². The van der Waals surface area contributed by atoms with Gasteiger partial charge in [-0.3, -0.25) is 9.79 Å². The Morgan fingerprint density at radius 2 is 1.75 bits per heavy atom. The molecule has 2 rings (SSSR count). The van der Waals surface area contributed by atoms with Crippen molar-refractivity contribution in [3.8, 4) is 11.5 Å². The van der Waals surface area contributed by atoms with E-state index in [1.807, 2.05) is 0 Å². The number of carbonyl (C=O) groups is 1. The molecule has 132 valence electrons. The lowest BCUT2D eigenvalue weighted by Crippen LogP contribution is -2.31. The third-order valence-corrected chi connectivity index (χ3v) is 3.34. The average molecular weight is 335 g/mol. The molecule has 0 radical (unpaired) electrons. The Morgan fingerprint density at radius 1 is 0.958 bits per heavy atom. The Labute approximate surface area is 142 Å². The Balaban J connectivity index is 1.93. The Morgan fingerprint density at radius 3 is 2.58 bits per heavy atom. The number of hydrogen-bond donors (Lipinski definition) is 2. The molecule has 0 bridgehead atoms. The second-order valence-corrected chi connectivity index (χ2v) is 5.18. The van der Waals surface area contributed by atoms with Crippen molar-refractivity contribution in [2.45, 2.75) is 0 Å². The van der Waals surface area contributed by atoms with Gasteiger partial charge < -0.3 is 24.8 Å². The van der Waals surface area contributed by atoms with Crippen molar-refractivity contribution in [1.82, 2.24) is 10.6 Å². The number of carbonyl (C=O) groups excluding carboxylic acids is 1. The van der Waals surface area contributed by atoms with E-state index in [0.717, 1.165) is 32.5 Å². The SMILES string of the molecule is O=Cc1ccc2c(c1)OCC/N=C/COCCNCCNCCO2. The number of nitrogens with zero attached hydrogens (tertiary/aromatic N) is 1. The van der Waals surface area contributed by atoms with E-state index < -0.39 is 0 Å². The van der Waals surface area contributed by atoms with E-state index in [1.165, 1.54) is 0 Å². The Kier molecular flexibility index (Phi) is 8.85. The van der Waals surface area contributed by atoms with Crippen LogP contribution in [0.25, 0.3) is 0 Å². The highest BCUT2D eigenvalue weighted by atomic mass is 16.5. The monoisotopic (exact) mass is 335 g/mol. The van der Waals surface area contributed by atoms with Crippen molar-refractivity contribution in [2.24, 2.45) is 4.99 Å².